The molecule has 3 rings (SSSR count). The van der Waals surface area contributed by atoms with Gasteiger partial charge in [-0.15, -0.1) is 0 Å². The fourth-order valence-corrected chi connectivity index (χ4v) is 5.29. The topological polar surface area (TPSA) is 108 Å². The van der Waals surface area contributed by atoms with Crippen LogP contribution in [-0.2, 0) is 10.0 Å². The number of aryl methyl sites for hydroxylation is 2. The van der Waals surface area contributed by atoms with Gasteiger partial charge in [0.05, 0.1) is 27.0 Å². The molecule has 152 valence electrons. The Hall–Kier alpha value is -2.96. The van der Waals surface area contributed by atoms with E-state index >= 15 is 0 Å². The van der Waals surface area contributed by atoms with Gasteiger partial charge < -0.3 is 4.90 Å². The molecule has 0 N–H and O–H groups in total. The minimum absolute atomic E-state index is 0.107. The first kappa shape index (κ1) is 20.8. The monoisotopic (exact) mass is 414 g/mol. The lowest BCUT2D eigenvalue weighted by Crippen LogP contribution is -2.49. The van der Waals surface area contributed by atoms with Crippen LogP contribution in [0.3, 0.4) is 0 Å². The fraction of sp³-hybridized carbons (Fsp3) is 0.350. The third-order valence-corrected chi connectivity index (χ3v) is 7.27. The van der Waals surface area contributed by atoms with Gasteiger partial charge in [0, 0.05) is 37.9 Å². The van der Waals surface area contributed by atoms with Crippen molar-refractivity contribution in [2.45, 2.75) is 25.7 Å². The number of nitro benzene ring substituents is 1. The quantitative estimate of drug-likeness (QED) is 0.562. The largest absolute Gasteiger partial charge is 0.368 e. The average molecular weight is 414 g/mol. The molecule has 0 aromatic heterocycles. The number of hydrogen-bond donors (Lipinski definition) is 0. The molecule has 8 nitrogen and oxygen atoms in total. The number of piperazine rings is 1. The zero-order chi connectivity index (χ0) is 21.3. The van der Waals surface area contributed by atoms with E-state index < -0.39 is 14.9 Å². The summed E-state index contributed by atoms with van der Waals surface area (Å²) in [6.45, 7) is 6.64. The van der Waals surface area contributed by atoms with E-state index in [1.54, 1.807) is 32.0 Å². The highest BCUT2D eigenvalue weighted by Crippen LogP contribution is 2.32. The highest BCUT2D eigenvalue weighted by Gasteiger charge is 2.31. The summed E-state index contributed by atoms with van der Waals surface area (Å²) < 4.78 is 27.5. The molecule has 0 unspecified atom stereocenters. The molecule has 1 aliphatic heterocycles. The van der Waals surface area contributed by atoms with Crippen molar-refractivity contribution in [3.63, 3.8) is 0 Å². The maximum Gasteiger partial charge on any atom is 0.275 e. The first-order valence-corrected chi connectivity index (χ1v) is 10.6. The van der Waals surface area contributed by atoms with E-state index in [1.807, 2.05) is 24.0 Å². The molecule has 1 saturated heterocycles. The molecule has 2 aromatic rings. The van der Waals surface area contributed by atoms with Crippen LogP contribution in [0.25, 0.3) is 0 Å². The second-order valence-corrected chi connectivity index (χ2v) is 9.07. The zero-order valence-electron chi connectivity index (χ0n) is 16.5. The van der Waals surface area contributed by atoms with Crippen LogP contribution >= 0.6 is 0 Å². The van der Waals surface area contributed by atoms with Gasteiger partial charge in [0.1, 0.15) is 0 Å². The van der Waals surface area contributed by atoms with Gasteiger partial charge in [-0.05, 0) is 38.5 Å². The Kier molecular flexibility index (Phi) is 5.59. The summed E-state index contributed by atoms with van der Waals surface area (Å²) in [5, 5.41) is 20.5. The summed E-state index contributed by atoms with van der Waals surface area (Å²) in [4.78, 5) is 13.0. The number of anilines is 1. The van der Waals surface area contributed by atoms with Crippen molar-refractivity contribution in [2.24, 2.45) is 0 Å². The molecule has 9 heteroatoms. The second kappa shape index (κ2) is 7.81. The Morgan fingerprint density at radius 2 is 1.72 bits per heavy atom. The Bertz CT molecular complexity index is 1110. The van der Waals surface area contributed by atoms with Gasteiger partial charge in [-0.3, -0.25) is 10.1 Å². The van der Waals surface area contributed by atoms with Crippen LogP contribution < -0.4 is 4.90 Å². The van der Waals surface area contributed by atoms with E-state index in [2.05, 4.69) is 0 Å². The summed E-state index contributed by atoms with van der Waals surface area (Å²) in [7, 11) is -3.61. The Labute approximate surface area is 170 Å². The van der Waals surface area contributed by atoms with Crippen molar-refractivity contribution in [3.05, 3.63) is 62.7 Å². The fourth-order valence-electron chi connectivity index (χ4n) is 3.66. The van der Waals surface area contributed by atoms with Crippen molar-refractivity contribution < 1.29 is 13.3 Å². The number of sulfonamides is 1. The van der Waals surface area contributed by atoms with Crippen LogP contribution in [0.1, 0.15) is 22.3 Å². The van der Waals surface area contributed by atoms with Gasteiger partial charge in [-0.2, -0.15) is 9.57 Å². The molecule has 29 heavy (non-hydrogen) atoms. The first-order valence-electron chi connectivity index (χ1n) is 9.16. The third-order valence-electron chi connectivity index (χ3n) is 5.21. The first-order chi connectivity index (χ1) is 13.6. The van der Waals surface area contributed by atoms with Gasteiger partial charge in [0.25, 0.3) is 5.69 Å². The molecule has 0 atom stereocenters. The van der Waals surface area contributed by atoms with Gasteiger partial charge in [0.2, 0.25) is 10.0 Å². The number of rotatable bonds is 4. The van der Waals surface area contributed by atoms with Crippen LogP contribution in [0.15, 0.2) is 35.2 Å². The van der Waals surface area contributed by atoms with Crippen molar-refractivity contribution in [1.29, 1.82) is 5.26 Å². The van der Waals surface area contributed by atoms with E-state index in [9.17, 15) is 23.8 Å². The molecule has 0 saturated carbocycles. The Morgan fingerprint density at radius 1 is 1.07 bits per heavy atom. The van der Waals surface area contributed by atoms with Gasteiger partial charge in [-0.25, -0.2) is 8.42 Å². The number of hydrogen-bond acceptors (Lipinski definition) is 6. The number of benzene rings is 2. The molecule has 1 aliphatic rings. The predicted octanol–water partition coefficient (Wildman–Crippen LogP) is 2.90. The molecule has 0 bridgehead atoms. The molecule has 2 aromatic carbocycles. The van der Waals surface area contributed by atoms with Crippen LogP contribution in [0.5, 0.6) is 0 Å². The lowest BCUT2D eigenvalue weighted by molar-refractivity contribution is -0.385. The smallest absolute Gasteiger partial charge is 0.275 e. The van der Waals surface area contributed by atoms with Gasteiger partial charge >= 0.3 is 0 Å². The maximum atomic E-state index is 13.0. The summed E-state index contributed by atoms with van der Waals surface area (Å²) in [5.74, 6) is 0. The average Bonchev–Trinajstić information content (AvgIpc) is 2.67. The second-order valence-electron chi connectivity index (χ2n) is 7.17. The molecule has 0 amide bonds. The molecule has 0 radical (unpaired) electrons. The highest BCUT2D eigenvalue weighted by atomic mass is 32.2. The molecule has 0 aliphatic carbocycles. The van der Waals surface area contributed by atoms with Crippen LogP contribution in [0, 0.1) is 42.2 Å². The number of nitriles is 1. The van der Waals surface area contributed by atoms with Crippen LogP contribution in [0.2, 0.25) is 0 Å². The van der Waals surface area contributed by atoms with Crippen molar-refractivity contribution in [1.82, 2.24) is 4.31 Å². The third kappa shape index (κ3) is 3.95. The molecular formula is C20H22N4O4S. The maximum absolute atomic E-state index is 13.0. The molecule has 0 spiro atoms. The van der Waals surface area contributed by atoms with E-state index in [0.717, 1.165) is 5.56 Å². The lowest BCUT2D eigenvalue weighted by Gasteiger charge is -2.36. The number of nitro groups is 1. The summed E-state index contributed by atoms with van der Waals surface area (Å²) in [5.41, 5.74) is 2.88. The number of nitrogens with zero attached hydrogens (tertiary/aromatic N) is 4. The molecular weight excluding hydrogens is 392 g/mol. The van der Waals surface area contributed by atoms with E-state index in [4.69, 9.17) is 0 Å². The Morgan fingerprint density at radius 3 is 2.28 bits per heavy atom. The van der Waals surface area contributed by atoms with E-state index in [-0.39, 0.29) is 24.3 Å². The molecule has 1 fully saturated rings. The summed E-state index contributed by atoms with van der Waals surface area (Å²) >= 11 is 0. The normalized spacial score (nSPS) is 15.2. The Balaban J connectivity index is 1.85. The SMILES string of the molecule is Cc1ccc(S(=O)(=O)N2CCN(c3cc(C#N)cc([N+](=O)[O-])c3C)CC2)c(C)c1. The minimum Gasteiger partial charge on any atom is -0.368 e. The van der Waals surface area contributed by atoms with Crippen molar-refractivity contribution >= 4 is 21.4 Å². The van der Waals surface area contributed by atoms with Crippen LogP contribution in [-0.4, -0.2) is 43.8 Å². The minimum atomic E-state index is -3.61. The standard InChI is InChI=1S/C20H22N4O4S/c1-14-4-5-20(15(2)10-14)29(27,28)23-8-6-22(7-9-23)18-11-17(13-21)12-19(16(18)3)24(25)26/h4-5,10-12H,6-9H2,1-3H3. The summed E-state index contributed by atoms with van der Waals surface area (Å²) in [6.07, 6.45) is 0. The van der Waals surface area contributed by atoms with Crippen molar-refractivity contribution in [3.8, 4) is 6.07 Å². The van der Waals surface area contributed by atoms with Gasteiger partial charge in [0.15, 0.2) is 0 Å². The van der Waals surface area contributed by atoms with Crippen molar-refractivity contribution in [2.75, 3.05) is 31.1 Å². The predicted molar refractivity (Wildman–Crippen MR) is 109 cm³/mol. The lowest BCUT2D eigenvalue weighted by atomic mass is 10.1. The van der Waals surface area contributed by atoms with E-state index in [1.165, 1.54) is 10.4 Å². The highest BCUT2D eigenvalue weighted by molar-refractivity contribution is 7.89. The van der Waals surface area contributed by atoms with Crippen LogP contribution in [0.4, 0.5) is 11.4 Å². The zero-order valence-corrected chi connectivity index (χ0v) is 17.4. The van der Waals surface area contributed by atoms with Gasteiger partial charge in [-0.1, -0.05) is 17.7 Å². The molecule has 1 heterocycles. The van der Waals surface area contributed by atoms with E-state index in [0.29, 0.717) is 34.8 Å². The summed E-state index contributed by atoms with van der Waals surface area (Å²) in [6, 6.07) is 10.1.